The molecule has 2 aliphatic rings. The summed E-state index contributed by atoms with van der Waals surface area (Å²) >= 11 is 0. The van der Waals surface area contributed by atoms with Gasteiger partial charge in [-0.15, -0.1) is 0 Å². The molecular formula is C6H9N3O. The van der Waals surface area contributed by atoms with Crippen LogP contribution in [0.25, 0.3) is 0 Å². The summed E-state index contributed by atoms with van der Waals surface area (Å²) in [6, 6.07) is -0.00579. The van der Waals surface area contributed by atoms with Gasteiger partial charge < -0.3 is 5.32 Å². The molecule has 0 aromatic rings. The van der Waals surface area contributed by atoms with Crippen molar-refractivity contribution < 1.29 is 4.79 Å². The van der Waals surface area contributed by atoms with E-state index in [1.807, 2.05) is 5.01 Å². The summed E-state index contributed by atoms with van der Waals surface area (Å²) in [6.45, 7) is 1.58. The van der Waals surface area contributed by atoms with Crippen molar-refractivity contribution in [3.05, 3.63) is 0 Å². The largest absolute Gasteiger partial charge is 0.352 e. The number of carbonyl (C=O) groups excluding carboxylic acids is 1. The van der Waals surface area contributed by atoms with Gasteiger partial charge in [-0.3, -0.25) is 9.80 Å². The molecule has 0 aromatic carbocycles. The van der Waals surface area contributed by atoms with Crippen molar-refractivity contribution in [3.8, 4) is 0 Å². The molecule has 0 spiro atoms. The molecule has 1 N–H and O–H groups in total. The van der Waals surface area contributed by atoms with E-state index in [2.05, 4.69) is 10.4 Å². The molecule has 0 saturated carbocycles. The van der Waals surface area contributed by atoms with Crippen LogP contribution in [0.3, 0.4) is 0 Å². The molecular weight excluding hydrogens is 130 g/mol. The minimum atomic E-state index is -0.00579. The molecule has 1 unspecified atom stereocenters. The zero-order chi connectivity index (χ0) is 6.97. The lowest BCUT2D eigenvalue weighted by Gasteiger charge is -2.27. The second-order valence-corrected chi connectivity index (χ2v) is 2.50. The highest BCUT2D eigenvalue weighted by atomic mass is 16.2. The average Bonchev–Trinajstić information content (AvgIpc) is 2.36. The number of fused-ring (bicyclic) bond motifs is 1. The molecule has 1 atom stereocenters. The van der Waals surface area contributed by atoms with Gasteiger partial charge in [-0.05, 0) is 0 Å². The summed E-state index contributed by atoms with van der Waals surface area (Å²) in [6.07, 6.45) is 2.57. The smallest absolute Gasteiger partial charge is 0.244 e. The number of nitrogens with one attached hydrogen (secondary N) is 1. The van der Waals surface area contributed by atoms with Gasteiger partial charge in [0.05, 0.1) is 6.54 Å². The molecule has 1 fully saturated rings. The normalized spacial score (nSPS) is 30.2. The van der Waals surface area contributed by atoms with Crippen LogP contribution in [-0.2, 0) is 4.79 Å². The van der Waals surface area contributed by atoms with Crippen LogP contribution in [0, 0.1) is 0 Å². The topological polar surface area (TPSA) is 44.7 Å². The zero-order valence-corrected chi connectivity index (χ0v) is 5.58. The first-order chi connectivity index (χ1) is 4.88. The summed E-state index contributed by atoms with van der Waals surface area (Å²) in [5.74, 6) is 0.115. The number of amides is 1. The van der Waals surface area contributed by atoms with E-state index in [0.29, 0.717) is 0 Å². The molecule has 0 bridgehead atoms. The average molecular weight is 139 g/mol. The van der Waals surface area contributed by atoms with E-state index in [4.69, 9.17) is 0 Å². The Hall–Kier alpha value is -1.06. The lowest BCUT2D eigenvalue weighted by atomic mass is 10.2. The molecule has 54 valence electrons. The molecule has 0 radical (unpaired) electrons. The Morgan fingerprint density at radius 3 is 3.50 bits per heavy atom. The molecule has 0 aromatic heterocycles. The fraction of sp³-hybridized carbons (Fsp3) is 0.667. The van der Waals surface area contributed by atoms with Crippen LogP contribution < -0.4 is 5.32 Å². The van der Waals surface area contributed by atoms with Crippen molar-refractivity contribution in [1.82, 2.24) is 10.3 Å². The predicted molar refractivity (Wildman–Crippen MR) is 36.6 cm³/mol. The van der Waals surface area contributed by atoms with Gasteiger partial charge in [0.1, 0.15) is 6.04 Å². The fourth-order valence-corrected chi connectivity index (χ4v) is 1.32. The maximum Gasteiger partial charge on any atom is 0.244 e. The van der Waals surface area contributed by atoms with Crippen LogP contribution in [0.1, 0.15) is 6.42 Å². The highest BCUT2D eigenvalue weighted by Gasteiger charge is 2.30. The Kier molecular flexibility index (Phi) is 1.12. The van der Waals surface area contributed by atoms with E-state index in [-0.39, 0.29) is 11.9 Å². The number of hydrogen-bond donors (Lipinski definition) is 1. The van der Waals surface area contributed by atoms with Gasteiger partial charge in [0.25, 0.3) is 0 Å². The van der Waals surface area contributed by atoms with Gasteiger partial charge in [0.15, 0.2) is 0 Å². The minimum absolute atomic E-state index is 0.00579. The second kappa shape index (κ2) is 1.97. The molecule has 1 saturated heterocycles. The van der Waals surface area contributed by atoms with Crippen LogP contribution >= 0.6 is 0 Å². The summed E-state index contributed by atoms with van der Waals surface area (Å²) in [4.78, 5) is 11.0. The van der Waals surface area contributed by atoms with Crippen molar-refractivity contribution in [1.29, 1.82) is 0 Å². The van der Waals surface area contributed by atoms with Crippen LogP contribution in [0.15, 0.2) is 5.10 Å². The lowest BCUT2D eigenvalue weighted by Crippen LogP contribution is -2.50. The number of rotatable bonds is 0. The van der Waals surface area contributed by atoms with E-state index in [0.717, 1.165) is 19.5 Å². The number of hydrogen-bond acceptors (Lipinski definition) is 3. The quantitative estimate of drug-likeness (QED) is 0.476. The number of nitrogens with zero attached hydrogens (tertiary/aromatic N) is 2. The third kappa shape index (κ3) is 0.683. The van der Waals surface area contributed by atoms with Gasteiger partial charge in [-0.1, -0.05) is 0 Å². The van der Waals surface area contributed by atoms with E-state index in [1.54, 1.807) is 6.21 Å². The molecule has 10 heavy (non-hydrogen) atoms. The Morgan fingerprint density at radius 2 is 2.70 bits per heavy atom. The maximum atomic E-state index is 11.0. The van der Waals surface area contributed by atoms with Crippen LogP contribution in [0.4, 0.5) is 0 Å². The van der Waals surface area contributed by atoms with Gasteiger partial charge in [0.2, 0.25) is 5.91 Å². The van der Waals surface area contributed by atoms with E-state index in [1.165, 1.54) is 0 Å². The molecule has 2 aliphatic heterocycles. The number of piperazine rings is 1. The van der Waals surface area contributed by atoms with Crippen molar-refractivity contribution in [3.63, 3.8) is 0 Å². The van der Waals surface area contributed by atoms with Crippen molar-refractivity contribution >= 4 is 12.1 Å². The Labute approximate surface area is 58.9 Å². The maximum absolute atomic E-state index is 11.0. The minimum Gasteiger partial charge on any atom is -0.352 e. The van der Waals surface area contributed by atoms with E-state index >= 15 is 0 Å². The van der Waals surface area contributed by atoms with Crippen LogP contribution in [-0.4, -0.2) is 36.3 Å². The Bertz CT molecular complexity index is 189. The highest BCUT2D eigenvalue weighted by molar-refractivity contribution is 5.86. The fourth-order valence-electron chi connectivity index (χ4n) is 1.32. The molecule has 4 nitrogen and oxygen atoms in total. The Balaban J connectivity index is 2.14. The standard InChI is InChI=1S/C6H9N3O/c10-6-5-1-2-8-9(5)4-3-7-6/h2,5H,1,3-4H2,(H,7,10). The molecule has 2 rings (SSSR count). The van der Waals surface area contributed by atoms with Crippen LogP contribution in [0.5, 0.6) is 0 Å². The molecule has 2 heterocycles. The van der Waals surface area contributed by atoms with Gasteiger partial charge in [-0.2, -0.15) is 5.10 Å². The zero-order valence-electron chi connectivity index (χ0n) is 5.58. The lowest BCUT2D eigenvalue weighted by molar-refractivity contribution is -0.128. The van der Waals surface area contributed by atoms with Crippen LogP contribution in [0.2, 0.25) is 0 Å². The summed E-state index contributed by atoms with van der Waals surface area (Å²) in [5, 5.41) is 8.69. The van der Waals surface area contributed by atoms with Crippen molar-refractivity contribution in [2.45, 2.75) is 12.5 Å². The third-order valence-electron chi connectivity index (χ3n) is 1.86. The second-order valence-electron chi connectivity index (χ2n) is 2.50. The van der Waals surface area contributed by atoms with Gasteiger partial charge in [-0.25, -0.2) is 0 Å². The van der Waals surface area contributed by atoms with Gasteiger partial charge >= 0.3 is 0 Å². The van der Waals surface area contributed by atoms with Crippen molar-refractivity contribution in [2.24, 2.45) is 5.10 Å². The SMILES string of the molecule is O=C1NCCN2N=CCC12. The van der Waals surface area contributed by atoms with Gasteiger partial charge in [0, 0.05) is 19.2 Å². The van der Waals surface area contributed by atoms with E-state index in [9.17, 15) is 4.79 Å². The molecule has 0 aliphatic carbocycles. The molecule has 4 heteroatoms. The Morgan fingerprint density at radius 1 is 1.80 bits per heavy atom. The molecule has 1 amide bonds. The number of carbonyl (C=O) groups is 1. The van der Waals surface area contributed by atoms with E-state index < -0.39 is 0 Å². The highest BCUT2D eigenvalue weighted by Crippen LogP contribution is 2.12. The summed E-state index contributed by atoms with van der Waals surface area (Å²) < 4.78 is 0. The first kappa shape index (κ1) is 5.70. The first-order valence-electron chi connectivity index (χ1n) is 3.45. The van der Waals surface area contributed by atoms with Crippen molar-refractivity contribution in [2.75, 3.05) is 13.1 Å². The third-order valence-corrected chi connectivity index (χ3v) is 1.86. The summed E-state index contributed by atoms with van der Waals surface area (Å²) in [5.41, 5.74) is 0. The monoisotopic (exact) mass is 139 g/mol. The summed E-state index contributed by atoms with van der Waals surface area (Å²) in [7, 11) is 0. The number of hydrazone groups is 1. The predicted octanol–water partition coefficient (Wildman–Crippen LogP) is -0.824. The first-order valence-corrected chi connectivity index (χ1v) is 3.45.